The number of nitrogens with one attached hydrogen (secondary N) is 2. The van der Waals surface area contributed by atoms with E-state index in [1.807, 2.05) is 24.3 Å². The molecule has 1 aliphatic rings. The predicted octanol–water partition coefficient (Wildman–Crippen LogP) is 2.23. The van der Waals surface area contributed by atoms with Crippen molar-refractivity contribution in [3.05, 3.63) is 58.5 Å². The minimum Gasteiger partial charge on any atom is -0.370 e. The molecule has 108 valence electrons. The monoisotopic (exact) mass is 283 g/mol. The number of carbonyl (C=O) groups excluding carboxylic acids is 1. The second kappa shape index (κ2) is 5.83. The molecule has 1 aliphatic heterocycles. The summed E-state index contributed by atoms with van der Waals surface area (Å²) in [4.78, 5) is 28.7. The first kappa shape index (κ1) is 13.4. The number of aromatic nitrogens is 1. The Labute approximate surface area is 122 Å². The maximum atomic E-state index is 12.3. The van der Waals surface area contributed by atoms with Crippen LogP contribution in [0, 0.1) is 0 Å². The van der Waals surface area contributed by atoms with Crippen molar-refractivity contribution in [2.45, 2.75) is 12.8 Å². The standard InChI is InChI=1S/C16H17N3O2/c20-15-12(6-5-9-17-15)16(21)18-13-7-1-2-8-14(13)19-10-3-4-11-19/h1-2,5-9H,3-4,10-11H2,(H,17,20)(H,18,21). The smallest absolute Gasteiger partial charge is 0.261 e. The van der Waals surface area contributed by atoms with Crippen LogP contribution in [0.2, 0.25) is 0 Å². The summed E-state index contributed by atoms with van der Waals surface area (Å²) in [5.74, 6) is -0.386. The van der Waals surface area contributed by atoms with E-state index in [4.69, 9.17) is 0 Å². The Hall–Kier alpha value is -2.56. The molecule has 0 radical (unpaired) electrons. The van der Waals surface area contributed by atoms with Crippen LogP contribution in [0.5, 0.6) is 0 Å². The number of benzene rings is 1. The summed E-state index contributed by atoms with van der Waals surface area (Å²) in [5.41, 5.74) is 1.49. The molecule has 2 N–H and O–H groups in total. The first-order chi connectivity index (χ1) is 10.3. The number of aromatic amines is 1. The summed E-state index contributed by atoms with van der Waals surface area (Å²) in [5, 5.41) is 2.84. The van der Waals surface area contributed by atoms with Gasteiger partial charge in [-0.25, -0.2) is 0 Å². The summed E-state index contributed by atoms with van der Waals surface area (Å²) < 4.78 is 0. The van der Waals surface area contributed by atoms with Crippen LogP contribution in [0.1, 0.15) is 23.2 Å². The van der Waals surface area contributed by atoms with Gasteiger partial charge in [-0.3, -0.25) is 9.59 Å². The van der Waals surface area contributed by atoms with E-state index in [0.29, 0.717) is 0 Å². The second-order valence-electron chi connectivity index (χ2n) is 5.08. The largest absolute Gasteiger partial charge is 0.370 e. The van der Waals surface area contributed by atoms with Crippen LogP contribution in [0.3, 0.4) is 0 Å². The van der Waals surface area contributed by atoms with Gasteiger partial charge in [-0.15, -0.1) is 0 Å². The number of carbonyl (C=O) groups is 1. The van der Waals surface area contributed by atoms with Crippen molar-refractivity contribution < 1.29 is 4.79 Å². The number of pyridine rings is 1. The summed E-state index contributed by atoms with van der Waals surface area (Å²) in [7, 11) is 0. The Morgan fingerprint density at radius 3 is 2.62 bits per heavy atom. The molecule has 1 aromatic heterocycles. The van der Waals surface area contributed by atoms with Gasteiger partial charge in [0.2, 0.25) is 0 Å². The zero-order valence-corrected chi connectivity index (χ0v) is 11.6. The maximum absolute atomic E-state index is 12.3. The SMILES string of the molecule is O=C(Nc1ccccc1N1CCCC1)c1ccc[nH]c1=O. The highest BCUT2D eigenvalue weighted by atomic mass is 16.2. The average molecular weight is 283 g/mol. The number of anilines is 2. The minimum atomic E-state index is -0.386. The normalized spacial score (nSPS) is 14.2. The van der Waals surface area contributed by atoms with Gasteiger partial charge in [-0.05, 0) is 37.1 Å². The number of para-hydroxylation sites is 2. The topological polar surface area (TPSA) is 65.2 Å². The molecule has 0 bridgehead atoms. The summed E-state index contributed by atoms with van der Waals surface area (Å²) in [6.45, 7) is 2.00. The van der Waals surface area contributed by atoms with Gasteiger partial charge in [-0.2, -0.15) is 0 Å². The van der Waals surface area contributed by atoms with Crippen molar-refractivity contribution in [2.75, 3.05) is 23.3 Å². The molecule has 21 heavy (non-hydrogen) atoms. The van der Waals surface area contributed by atoms with Gasteiger partial charge in [0.05, 0.1) is 11.4 Å². The maximum Gasteiger partial charge on any atom is 0.261 e. The van der Waals surface area contributed by atoms with Crippen LogP contribution >= 0.6 is 0 Å². The summed E-state index contributed by atoms with van der Waals surface area (Å²) >= 11 is 0. The molecule has 2 aromatic rings. The average Bonchev–Trinajstić information content (AvgIpc) is 3.02. The lowest BCUT2D eigenvalue weighted by molar-refractivity contribution is 0.102. The Kier molecular flexibility index (Phi) is 3.73. The molecule has 1 fully saturated rings. The van der Waals surface area contributed by atoms with Gasteiger partial charge in [0.15, 0.2) is 0 Å². The third-order valence-electron chi connectivity index (χ3n) is 3.66. The van der Waals surface area contributed by atoms with Crippen LogP contribution in [0.4, 0.5) is 11.4 Å². The molecule has 1 amide bonds. The molecule has 5 heteroatoms. The molecule has 3 rings (SSSR count). The minimum absolute atomic E-state index is 0.119. The van der Waals surface area contributed by atoms with E-state index < -0.39 is 0 Å². The van der Waals surface area contributed by atoms with Crippen LogP contribution < -0.4 is 15.8 Å². The van der Waals surface area contributed by atoms with E-state index in [-0.39, 0.29) is 17.0 Å². The van der Waals surface area contributed by atoms with Crippen molar-refractivity contribution in [2.24, 2.45) is 0 Å². The fraction of sp³-hybridized carbons (Fsp3) is 0.250. The quantitative estimate of drug-likeness (QED) is 0.908. The van der Waals surface area contributed by atoms with Crippen molar-refractivity contribution in [3.63, 3.8) is 0 Å². The van der Waals surface area contributed by atoms with Gasteiger partial charge in [0, 0.05) is 19.3 Å². The van der Waals surface area contributed by atoms with Gasteiger partial charge in [0.1, 0.15) is 5.56 Å². The zero-order chi connectivity index (χ0) is 14.7. The highest BCUT2D eigenvalue weighted by Gasteiger charge is 2.17. The van der Waals surface area contributed by atoms with Crippen molar-refractivity contribution in [1.82, 2.24) is 4.98 Å². The van der Waals surface area contributed by atoms with E-state index in [2.05, 4.69) is 15.2 Å². The van der Waals surface area contributed by atoms with Crippen LogP contribution in [0.25, 0.3) is 0 Å². The third-order valence-corrected chi connectivity index (χ3v) is 3.66. The molecule has 0 saturated carbocycles. The molecule has 0 spiro atoms. The Bertz CT molecular complexity index is 702. The lowest BCUT2D eigenvalue weighted by Gasteiger charge is -2.21. The van der Waals surface area contributed by atoms with E-state index in [1.54, 1.807) is 6.07 Å². The molecule has 1 aromatic carbocycles. The van der Waals surface area contributed by atoms with Crippen molar-refractivity contribution in [1.29, 1.82) is 0 Å². The number of amides is 1. The number of hydrogen-bond donors (Lipinski definition) is 2. The number of H-pyrrole nitrogens is 1. The van der Waals surface area contributed by atoms with Gasteiger partial charge in [-0.1, -0.05) is 12.1 Å². The molecule has 5 nitrogen and oxygen atoms in total. The number of nitrogens with zero attached hydrogens (tertiary/aromatic N) is 1. The Morgan fingerprint density at radius 1 is 1.10 bits per heavy atom. The fourth-order valence-electron chi connectivity index (χ4n) is 2.60. The van der Waals surface area contributed by atoms with Crippen LogP contribution in [-0.4, -0.2) is 24.0 Å². The van der Waals surface area contributed by atoms with Crippen molar-refractivity contribution in [3.8, 4) is 0 Å². The summed E-state index contributed by atoms with van der Waals surface area (Å²) in [6.07, 6.45) is 3.85. The first-order valence-corrected chi connectivity index (χ1v) is 7.09. The first-order valence-electron chi connectivity index (χ1n) is 7.09. The second-order valence-corrected chi connectivity index (χ2v) is 5.08. The fourth-order valence-corrected chi connectivity index (χ4v) is 2.60. The van der Waals surface area contributed by atoms with E-state index in [9.17, 15) is 9.59 Å². The van der Waals surface area contributed by atoms with E-state index in [1.165, 1.54) is 25.1 Å². The lowest BCUT2D eigenvalue weighted by atomic mass is 10.2. The van der Waals surface area contributed by atoms with Gasteiger partial charge < -0.3 is 15.2 Å². The van der Waals surface area contributed by atoms with Crippen molar-refractivity contribution >= 4 is 17.3 Å². The molecule has 2 heterocycles. The van der Waals surface area contributed by atoms with E-state index >= 15 is 0 Å². The van der Waals surface area contributed by atoms with Gasteiger partial charge >= 0.3 is 0 Å². The summed E-state index contributed by atoms with van der Waals surface area (Å²) in [6, 6.07) is 10.9. The third kappa shape index (κ3) is 2.81. The Morgan fingerprint density at radius 2 is 1.86 bits per heavy atom. The molecule has 1 saturated heterocycles. The van der Waals surface area contributed by atoms with Gasteiger partial charge in [0.25, 0.3) is 11.5 Å². The molecular weight excluding hydrogens is 266 g/mol. The van der Waals surface area contributed by atoms with Crippen LogP contribution in [-0.2, 0) is 0 Å². The molecule has 0 aliphatic carbocycles. The van der Waals surface area contributed by atoms with Crippen LogP contribution in [0.15, 0.2) is 47.4 Å². The number of hydrogen-bond acceptors (Lipinski definition) is 3. The predicted molar refractivity (Wildman–Crippen MR) is 82.9 cm³/mol. The highest BCUT2D eigenvalue weighted by Crippen LogP contribution is 2.28. The lowest BCUT2D eigenvalue weighted by Crippen LogP contribution is -2.24. The molecule has 0 atom stereocenters. The van der Waals surface area contributed by atoms with E-state index in [0.717, 1.165) is 24.5 Å². The molecular formula is C16H17N3O2. The zero-order valence-electron chi connectivity index (χ0n) is 11.6. The molecule has 0 unspecified atom stereocenters. The number of rotatable bonds is 3. The Balaban J connectivity index is 1.87. The highest BCUT2D eigenvalue weighted by molar-refractivity contribution is 6.05.